The normalized spacial score (nSPS) is 27.7. The van der Waals surface area contributed by atoms with Crippen LogP contribution in [0, 0.1) is 11.8 Å². The summed E-state index contributed by atoms with van der Waals surface area (Å²) in [6.45, 7) is 11.6. The highest BCUT2D eigenvalue weighted by Crippen LogP contribution is 2.38. The van der Waals surface area contributed by atoms with Crippen LogP contribution in [0.4, 0.5) is 0 Å². The summed E-state index contributed by atoms with van der Waals surface area (Å²) in [6, 6.07) is 0.651. The zero-order valence-corrected chi connectivity index (χ0v) is 15.0. The lowest BCUT2D eigenvalue weighted by atomic mass is 9.85. The van der Waals surface area contributed by atoms with Crippen LogP contribution in [-0.4, -0.2) is 48.3 Å². The first-order valence-electron chi connectivity index (χ1n) is 9.01. The van der Waals surface area contributed by atoms with Gasteiger partial charge in [-0.1, -0.05) is 27.2 Å². The van der Waals surface area contributed by atoms with Crippen molar-refractivity contribution in [3.63, 3.8) is 0 Å². The van der Waals surface area contributed by atoms with Crippen molar-refractivity contribution in [3.8, 4) is 0 Å². The Kier molecular flexibility index (Phi) is 8.22. The second-order valence-corrected chi connectivity index (χ2v) is 7.58. The van der Waals surface area contributed by atoms with Gasteiger partial charge < -0.3 is 15.3 Å². The Morgan fingerprint density at radius 3 is 2.62 bits per heavy atom. The lowest BCUT2D eigenvalue weighted by Gasteiger charge is -2.37. The van der Waals surface area contributed by atoms with Gasteiger partial charge in [-0.15, -0.1) is 0 Å². The van der Waals surface area contributed by atoms with Crippen LogP contribution in [0.5, 0.6) is 0 Å². The Balaban J connectivity index is 2.48. The van der Waals surface area contributed by atoms with Crippen LogP contribution in [0.15, 0.2) is 0 Å². The summed E-state index contributed by atoms with van der Waals surface area (Å²) < 4.78 is 0. The topological polar surface area (TPSA) is 35.5 Å². The van der Waals surface area contributed by atoms with Crippen LogP contribution in [0.3, 0.4) is 0 Å². The van der Waals surface area contributed by atoms with Crippen LogP contribution >= 0.6 is 0 Å². The van der Waals surface area contributed by atoms with Crippen LogP contribution in [0.1, 0.15) is 66.2 Å². The maximum absolute atomic E-state index is 9.93. The third kappa shape index (κ3) is 5.54. The molecule has 3 unspecified atom stereocenters. The smallest absolute Gasteiger partial charge is 0.0616 e. The summed E-state index contributed by atoms with van der Waals surface area (Å²) in [6.07, 6.45) is 7.27. The van der Waals surface area contributed by atoms with Crippen LogP contribution < -0.4 is 5.32 Å². The van der Waals surface area contributed by atoms with Crippen molar-refractivity contribution < 1.29 is 5.11 Å². The lowest BCUT2D eigenvalue weighted by molar-refractivity contribution is 0.108. The molecule has 0 radical (unpaired) electrons. The average molecular weight is 299 g/mol. The predicted octanol–water partition coefficient (Wildman–Crippen LogP) is 3.27. The molecule has 0 spiro atoms. The van der Waals surface area contributed by atoms with Gasteiger partial charge in [-0.3, -0.25) is 0 Å². The summed E-state index contributed by atoms with van der Waals surface area (Å²) >= 11 is 0. The van der Waals surface area contributed by atoms with Crippen molar-refractivity contribution in [2.75, 3.05) is 26.7 Å². The maximum atomic E-state index is 9.93. The molecule has 21 heavy (non-hydrogen) atoms. The molecule has 2 N–H and O–H groups in total. The highest BCUT2D eigenvalue weighted by molar-refractivity contribution is 4.99. The third-order valence-corrected chi connectivity index (χ3v) is 5.36. The van der Waals surface area contributed by atoms with E-state index >= 15 is 0 Å². The highest BCUT2D eigenvalue weighted by Gasteiger charge is 2.41. The lowest BCUT2D eigenvalue weighted by Crippen LogP contribution is -2.52. The van der Waals surface area contributed by atoms with Gasteiger partial charge in [0.25, 0.3) is 0 Å². The number of hydrogen-bond acceptors (Lipinski definition) is 3. The molecule has 0 heterocycles. The van der Waals surface area contributed by atoms with E-state index in [0.29, 0.717) is 18.6 Å². The number of aliphatic hydroxyl groups excluding tert-OH is 1. The zero-order valence-electron chi connectivity index (χ0n) is 15.0. The molecule has 0 aromatic carbocycles. The highest BCUT2D eigenvalue weighted by atomic mass is 16.3. The van der Waals surface area contributed by atoms with Crippen molar-refractivity contribution in [1.29, 1.82) is 0 Å². The first kappa shape index (κ1) is 18.9. The summed E-state index contributed by atoms with van der Waals surface area (Å²) in [5, 5.41) is 13.6. The molecule has 3 heteroatoms. The molecule has 1 aliphatic rings. The molecule has 1 fully saturated rings. The summed E-state index contributed by atoms with van der Waals surface area (Å²) in [5.41, 5.74) is -0.00185. The SMILES string of the molecule is CCCNC1(CO)CCCC1CCN(C)C(C)CC(C)C. The molecule has 1 aliphatic carbocycles. The van der Waals surface area contributed by atoms with Gasteiger partial charge in [-0.2, -0.15) is 0 Å². The molecule has 0 bridgehead atoms. The van der Waals surface area contributed by atoms with E-state index in [2.05, 4.69) is 45.0 Å². The van der Waals surface area contributed by atoms with E-state index in [0.717, 1.165) is 31.8 Å². The Hall–Kier alpha value is -0.120. The second-order valence-electron chi connectivity index (χ2n) is 7.58. The number of nitrogens with zero attached hydrogens (tertiary/aromatic N) is 1. The van der Waals surface area contributed by atoms with E-state index in [-0.39, 0.29) is 5.54 Å². The van der Waals surface area contributed by atoms with Crippen molar-refractivity contribution in [2.24, 2.45) is 11.8 Å². The van der Waals surface area contributed by atoms with Gasteiger partial charge in [0.2, 0.25) is 0 Å². The number of rotatable bonds is 10. The first-order valence-corrected chi connectivity index (χ1v) is 9.01. The van der Waals surface area contributed by atoms with E-state index in [4.69, 9.17) is 0 Å². The van der Waals surface area contributed by atoms with Gasteiger partial charge in [0.15, 0.2) is 0 Å². The van der Waals surface area contributed by atoms with E-state index in [9.17, 15) is 5.11 Å². The Morgan fingerprint density at radius 2 is 2.05 bits per heavy atom. The van der Waals surface area contributed by atoms with Crippen molar-refractivity contribution >= 4 is 0 Å². The molecular formula is C18H38N2O. The number of hydrogen-bond donors (Lipinski definition) is 2. The largest absolute Gasteiger partial charge is 0.394 e. The monoisotopic (exact) mass is 298 g/mol. The molecule has 1 saturated carbocycles. The van der Waals surface area contributed by atoms with E-state index in [1.165, 1.54) is 25.7 Å². The predicted molar refractivity (Wildman–Crippen MR) is 91.6 cm³/mol. The third-order valence-electron chi connectivity index (χ3n) is 5.36. The van der Waals surface area contributed by atoms with Gasteiger partial charge in [-0.05, 0) is 71.0 Å². The van der Waals surface area contributed by atoms with Gasteiger partial charge in [0, 0.05) is 11.6 Å². The molecule has 0 aromatic rings. The Labute approximate surface area is 132 Å². The fourth-order valence-corrected chi connectivity index (χ4v) is 3.88. The average Bonchev–Trinajstić information content (AvgIpc) is 2.85. The maximum Gasteiger partial charge on any atom is 0.0616 e. The van der Waals surface area contributed by atoms with E-state index < -0.39 is 0 Å². The van der Waals surface area contributed by atoms with Crippen molar-refractivity contribution in [3.05, 3.63) is 0 Å². The van der Waals surface area contributed by atoms with Gasteiger partial charge in [0.05, 0.1) is 6.61 Å². The van der Waals surface area contributed by atoms with Gasteiger partial charge in [-0.25, -0.2) is 0 Å². The van der Waals surface area contributed by atoms with Crippen LogP contribution in [0.25, 0.3) is 0 Å². The van der Waals surface area contributed by atoms with Gasteiger partial charge >= 0.3 is 0 Å². The van der Waals surface area contributed by atoms with Crippen molar-refractivity contribution in [1.82, 2.24) is 10.2 Å². The van der Waals surface area contributed by atoms with Crippen LogP contribution in [0.2, 0.25) is 0 Å². The molecule has 0 saturated heterocycles. The van der Waals surface area contributed by atoms with E-state index in [1.807, 2.05) is 0 Å². The van der Waals surface area contributed by atoms with Crippen molar-refractivity contribution in [2.45, 2.75) is 77.8 Å². The minimum atomic E-state index is -0.00185. The molecular weight excluding hydrogens is 260 g/mol. The number of aliphatic hydroxyl groups is 1. The molecule has 0 aromatic heterocycles. The van der Waals surface area contributed by atoms with E-state index in [1.54, 1.807) is 0 Å². The first-order chi connectivity index (χ1) is 9.95. The Morgan fingerprint density at radius 1 is 1.33 bits per heavy atom. The quantitative estimate of drug-likeness (QED) is 0.650. The minimum Gasteiger partial charge on any atom is -0.394 e. The van der Waals surface area contributed by atoms with Crippen LogP contribution in [-0.2, 0) is 0 Å². The molecule has 1 rings (SSSR count). The fourth-order valence-electron chi connectivity index (χ4n) is 3.88. The summed E-state index contributed by atoms with van der Waals surface area (Å²) in [7, 11) is 2.25. The summed E-state index contributed by atoms with van der Waals surface area (Å²) in [5.74, 6) is 1.39. The second kappa shape index (κ2) is 9.12. The Bertz CT molecular complexity index is 282. The minimum absolute atomic E-state index is 0.00185. The molecule has 0 aliphatic heterocycles. The van der Waals surface area contributed by atoms with Gasteiger partial charge in [0.1, 0.15) is 0 Å². The molecule has 3 atom stereocenters. The standard InChI is InChI=1S/C18H38N2O/c1-6-11-19-18(14-21)10-7-8-17(18)9-12-20(5)16(4)13-15(2)3/h15-17,19,21H,6-14H2,1-5H3. The molecule has 3 nitrogen and oxygen atoms in total. The summed E-state index contributed by atoms with van der Waals surface area (Å²) in [4.78, 5) is 2.50. The molecule has 126 valence electrons. The molecule has 0 amide bonds. The number of nitrogens with one attached hydrogen (secondary N) is 1. The zero-order chi connectivity index (χ0) is 15.9. The fraction of sp³-hybridized carbons (Fsp3) is 1.00.